The molecular weight excluding hydrogens is 246 g/mol. The molecule has 1 aromatic carbocycles. The van der Waals surface area contributed by atoms with Gasteiger partial charge in [-0.2, -0.15) is 0 Å². The Hall–Kier alpha value is -0.870. The highest BCUT2D eigenvalue weighted by atomic mass is 79.9. The van der Waals surface area contributed by atoms with Crippen LogP contribution in [0.3, 0.4) is 0 Å². The lowest BCUT2D eigenvalue weighted by molar-refractivity contribution is -0.143. The summed E-state index contributed by atoms with van der Waals surface area (Å²) >= 11 is 3.31. The van der Waals surface area contributed by atoms with Gasteiger partial charge in [-0.25, -0.2) is 4.79 Å². The van der Waals surface area contributed by atoms with Crippen LogP contribution in [0.4, 0.5) is 0 Å². The van der Waals surface area contributed by atoms with Crippen LogP contribution in [0.15, 0.2) is 22.7 Å². The molecule has 0 spiro atoms. The average Bonchev–Trinajstić information content (AvgIpc) is 2.02. The lowest BCUT2D eigenvalue weighted by Crippen LogP contribution is -2.42. The summed E-state index contributed by atoms with van der Waals surface area (Å²) in [4.78, 5) is 11.0. The van der Waals surface area contributed by atoms with E-state index in [-0.39, 0.29) is 0 Å². The fourth-order valence-electron chi connectivity index (χ4n) is 1.40. The van der Waals surface area contributed by atoms with Crippen LogP contribution in [0.1, 0.15) is 18.1 Å². The molecule has 0 saturated heterocycles. The number of carboxylic acids is 1. The molecule has 0 aromatic heterocycles. The first-order chi connectivity index (χ1) is 6.37. The Morgan fingerprint density at radius 1 is 1.57 bits per heavy atom. The van der Waals surface area contributed by atoms with Crippen LogP contribution < -0.4 is 5.73 Å². The van der Waals surface area contributed by atoms with E-state index in [1.165, 1.54) is 6.92 Å². The van der Waals surface area contributed by atoms with Crippen LogP contribution in [0.25, 0.3) is 0 Å². The molecule has 0 aliphatic rings. The van der Waals surface area contributed by atoms with Crippen LogP contribution >= 0.6 is 15.9 Å². The van der Waals surface area contributed by atoms with Crippen molar-refractivity contribution in [1.29, 1.82) is 0 Å². The van der Waals surface area contributed by atoms with Crippen molar-refractivity contribution >= 4 is 21.9 Å². The number of aliphatic carboxylic acids is 1. The van der Waals surface area contributed by atoms with Gasteiger partial charge in [0.1, 0.15) is 5.54 Å². The van der Waals surface area contributed by atoms with Crippen molar-refractivity contribution in [3.8, 4) is 0 Å². The van der Waals surface area contributed by atoms with E-state index in [0.29, 0.717) is 5.56 Å². The summed E-state index contributed by atoms with van der Waals surface area (Å²) in [5.74, 6) is -1.03. The summed E-state index contributed by atoms with van der Waals surface area (Å²) in [7, 11) is 0. The second kappa shape index (κ2) is 3.71. The number of carboxylic acid groups (broad SMARTS) is 1. The molecule has 76 valence electrons. The van der Waals surface area contributed by atoms with Crippen LogP contribution in [-0.2, 0) is 10.3 Å². The summed E-state index contributed by atoms with van der Waals surface area (Å²) in [5.41, 5.74) is 5.88. The Balaban J connectivity index is 3.38. The van der Waals surface area contributed by atoms with Crippen LogP contribution in [-0.4, -0.2) is 11.1 Å². The highest BCUT2D eigenvalue weighted by Crippen LogP contribution is 2.29. The van der Waals surface area contributed by atoms with E-state index < -0.39 is 11.5 Å². The zero-order chi connectivity index (χ0) is 10.9. The van der Waals surface area contributed by atoms with Gasteiger partial charge in [0.25, 0.3) is 0 Å². The first-order valence-corrected chi connectivity index (χ1v) is 4.94. The maximum Gasteiger partial charge on any atom is 0.328 e. The molecule has 0 heterocycles. The molecular formula is C10H12BrNO2. The monoisotopic (exact) mass is 257 g/mol. The predicted octanol–water partition coefficient (Wildman–Crippen LogP) is 2.02. The lowest BCUT2D eigenvalue weighted by atomic mass is 9.90. The van der Waals surface area contributed by atoms with E-state index in [1.54, 1.807) is 6.07 Å². The average molecular weight is 258 g/mol. The molecule has 14 heavy (non-hydrogen) atoms. The third-order valence-electron chi connectivity index (χ3n) is 2.19. The molecule has 0 amide bonds. The molecule has 3 nitrogen and oxygen atoms in total. The van der Waals surface area contributed by atoms with Crippen molar-refractivity contribution in [2.75, 3.05) is 0 Å². The van der Waals surface area contributed by atoms with E-state index in [4.69, 9.17) is 10.8 Å². The van der Waals surface area contributed by atoms with Gasteiger partial charge in [0.15, 0.2) is 0 Å². The normalized spacial score (nSPS) is 14.9. The van der Waals surface area contributed by atoms with Crippen molar-refractivity contribution in [2.45, 2.75) is 19.4 Å². The minimum Gasteiger partial charge on any atom is -0.480 e. The fraction of sp³-hybridized carbons (Fsp3) is 0.300. The summed E-state index contributed by atoms with van der Waals surface area (Å²) in [6.07, 6.45) is 0. The summed E-state index contributed by atoms with van der Waals surface area (Å²) in [6.45, 7) is 3.33. The first kappa shape index (κ1) is 11.2. The third-order valence-corrected chi connectivity index (χ3v) is 2.85. The van der Waals surface area contributed by atoms with Gasteiger partial charge < -0.3 is 10.8 Å². The van der Waals surface area contributed by atoms with Crippen molar-refractivity contribution in [2.24, 2.45) is 5.73 Å². The molecule has 4 heteroatoms. The fourth-order valence-corrected chi connectivity index (χ4v) is 2.27. The number of hydrogen-bond donors (Lipinski definition) is 2. The minimum atomic E-state index is -1.36. The Morgan fingerprint density at radius 3 is 2.57 bits per heavy atom. The quantitative estimate of drug-likeness (QED) is 0.852. The van der Waals surface area contributed by atoms with Gasteiger partial charge in [0, 0.05) is 4.47 Å². The summed E-state index contributed by atoms with van der Waals surface area (Å²) in [6, 6.07) is 5.48. The number of hydrogen-bond acceptors (Lipinski definition) is 2. The number of benzene rings is 1. The Labute approximate surface area is 91.1 Å². The molecule has 0 bridgehead atoms. The van der Waals surface area contributed by atoms with E-state index in [0.717, 1.165) is 10.0 Å². The largest absolute Gasteiger partial charge is 0.480 e. The highest BCUT2D eigenvalue weighted by molar-refractivity contribution is 9.10. The zero-order valence-electron chi connectivity index (χ0n) is 8.04. The predicted molar refractivity (Wildman–Crippen MR) is 58.1 cm³/mol. The van der Waals surface area contributed by atoms with Crippen LogP contribution in [0.2, 0.25) is 0 Å². The van der Waals surface area contributed by atoms with Crippen LogP contribution in [0.5, 0.6) is 0 Å². The van der Waals surface area contributed by atoms with Gasteiger partial charge in [0.05, 0.1) is 0 Å². The molecule has 1 rings (SSSR count). The van der Waals surface area contributed by atoms with Crippen LogP contribution in [0, 0.1) is 6.92 Å². The van der Waals surface area contributed by atoms with Gasteiger partial charge in [-0.1, -0.05) is 28.1 Å². The van der Waals surface area contributed by atoms with E-state index in [1.807, 2.05) is 19.1 Å². The molecule has 1 aromatic rings. The van der Waals surface area contributed by atoms with E-state index in [2.05, 4.69) is 15.9 Å². The van der Waals surface area contributed by atoms with Crippen molar-refractivity contribution in [3.05, 3.63) is 33.8 Å². The SMILES string of the molecule is Cc1cccc(Br)c1[C@](C)(N)C(=O)O. The maximum absolute atomic E-state index is 11.0. The van der Waals surface area contributed by atoms with Crippen molar-refractivity contribution in [1.82, 2.24) is 0 Å². The minimum absolute atomic E-state index is 0.618. The van der Waals surface area contributed by atoms with Crippen molar-refractivity contribution < 1.29 is 9.90 Å². The van der Waals surface area contributed by atoms with Gasteiger partial charge >= 0.3 is 5.97 Å². The van der Waals surface area contributed by atoms with E-state index >= 15 is 0 Å². The molecule has 0 fully saturated rings. The van der Waals surface area contributed by atoms with Gasteiger partial charge in [-0.05, 0) is 31.0 Å². The number of rotatable bonds is 2. The molecule has 0 aliphatic carbocycles. The zero-order valence-corrected chi connectivity index (χ0v) is 9.63. The lowest BCUT2D eigenvalue weighted by Gasteiger charge is -2.23. The summed E-state index contributed by atoms with van der Waals surface area (Å²) in [5, 5.41) is 9.00. The number of aryl methyl sites for hydroxylation is 1. The van der Waals surface area contributed by atoms with E-state index in [9.17, 15) is 4.79 Å². The third kappa shape index (κ3) is 1.81. The first-order valence-electron chi connectivity index (χ1n) is 4.15. The molecule has 0 saturated carbocycles. The Kier molecular flexibility index (Phi) is 2.97. The molecule has 0 unspecified atom stereocenters. The second-order valence-electron chi connectivity index (χ2n) is 3.44. The Bertz CT molecular complexity index is 354. The topological polar surface area (TPSA) is 63.3 Å². The second-order valence-corrected chi connectivity index (χ2v) is 4.29. The van der Waals surface area contributed by atoms with Gasteiger partial charge in [0.2, 0.25) is 0 Å². The maximum atomic E-state index is 11.0. The standard InChI is InChI=1S/C10H12BrNO2/c1-6-4-3-5-7(11)8(6)10(2,12)9(13)14/h3-5H,12H2,1-2H3,(H,13,14)/t10-/m0/s1. The molecule has 3 N–H and O–H groups in total. The molecule has 1 atom stereocenters. The number of halogens is 1. The van der Waals surface area contributed by atoms with Gasteiger partial charge in [-0.15, -0.1) is 0 Å². The highest BCUT2D eigenvalue weighted by Gasteiger charge is 2.33. The number of nitrogens with two attached hydrogens (primary N) is 1. The Morgan fingerprint density at radius 2 is 2.14 bits per heavy atom. The van der Waals surface area contributed by atoms with Gasteiger partial charge in [-0.3, -0.25) is 0 Å². The molecule has 0 aliphatic heterocycles. The van der Waals surface area contributed by atoms with Crippen molar-refractivity contribution in [3.63, 3.8) is 0 Å². The summed E-state index contributed by atoms with van der Waals surface area (Å²) < 4.78 is 0.727. The smallest absolute Gasteiger partial charge is 0.328 e. The molecule has 0 radical (unpaired) electrons. The number of carbonyl (C=O) groups is 1.